The molecule has 174 valence electrons. The van der Waals surface area contributed by atoms with E-state index in [9.17, 15) is 9.59 Å². The summed E-state index contributed by atoms with van der Waals surface area (Å²) in [4.78, 5) is 25.2. The van der Waals surface area contributed by atoms with E-state index in [0.29, 0.717) is 22.9 Å². The Bertz CT molecular complexity index is 1110. The molecule has 0 saturated carbocycles. The number of anilines is 2. The Hall–Kier alpha value is -4.02. The lowest BCUT2D eigenvalue weighted by atomic mass is 10.1. The van der Waals surface area contributed by atoms with Crippen LogP contribution in [0.1, 0.15) is 20.7 Å². The molecule has 34 heavy (non-hydrogen) atoms. The van der Waals surface area contributed by atoms with Gasteiger partial charge in [0.2, 0.25) is 0 Å². The van der Waals surface area contributed by atoms with Crippen LogP contribution in [-0.2, 0) is 0 Å². The fourth-order valence-corrected chi connectivity index (χ4v) is 3.25. The minimum atomic E-state index is -0.459. The van der Waals surface area contributed by atoms with Crippen molar-refractivity contribution in [1.29, 1.82) is 0 Å². The zero-order valence-electron chi connectivity index (χ0n) is 18.4. The van der Waals surface area contributed by atoms with E-state index in [2.05, 4.69) is 21.3 Å². The summed E-state index contributed by atoms with van der Waals surface area (Å²) in [6.45, 7) is 0. The number of hydrogen-bond acceptors (Lipinski definition) is 6. The molecule has 0 aromatic heterocycles. The van der Waals surface area contributed by atoms with Crippen LogP contribution >= 0.6 is 24.4 Å². The van der Waals surface area contributed by atoms with Crippen LogP contribution in [0.5, 0.6) is 11.5 Å². The molecular weight excluding hydrogens is 472 g/mol. The number of carbonyl (C=O) groups is 2. The van der Waals surface area contributed by atoms with Crippen molar-refractivity contribution in [3.05, 3.63) is 83.9 Å². The molecule has 3 aromatic carbocycles. The summed E-state index contributed by atoms with van der Waals surface area (Å²) in [5.74, 6) is 0.489. The van der Waals surface area contributed by atoms with Crippen LogP contribution in [0, 0.1) is 0 Å². The van der Waals surface area contributed by atoms with Crippen LogP contribution in [0.15, 0.2) is 72.8 Å². The number of thiocarbonyl (C=S) groups is 2. The molecule has 0 aliphatic rings. The summed E-state index contributed by atoms with van der Waals surface area (Å²) in [6, 6.07) is 20.4. The summed E-state index contributed by atoms with van der Waals surface area (Å²) in [5, 5.41) is 11.3. The summed E-state index contributed by atoms with van der Waals surface area (Å²) in [5.41, 5.74) is 1.91. The lowest BCUT2D eigenvalue weighted by molar-refractivity contribution is 0.0976. The zero-order valence-corrected chi connectivity index (χ0v) is 20.0. The highest BCUT2D eigenvalue weighted by molar-refractivity contribution is 7.80. The third-order valence-electron chi connectivity index (χ3n) is 4.54. The fraction of sp³-hybridized carbons (Fsp3) is 0.0833. The van der Waals surface area contributed by atoms with Crippen molar-refractivity contribution in [2.24, 2.45) is 0 Å². The third kappa shape index (κ3) is 6.99. The smallest absolute Gasteiger partial charge is 0.257 e. The van der Waals surface area contributed by atoms with Crippen LogP contribution < -0.4 is 30.7 Å². The lowest BCUT2D eigenvalue weighted by Crippen LogP contribution is -2.35. The number of methoxy groups -OCH3 is 2. The van der Waals surface area contributed by atoms with Crippen molar-refractivity contribution in [2.45, 2.75) is 0 Å². The van der Waals surface area contributed by atoms with E-state index in [1.54, 1.807) is 80.9 Å². The second-order valence-corrected chi connectivity index (χ2v) is 7.67. The van der Waals surface area contributed by atoms with Crippen molar-refractivity contribution in [2.75, 3.05) is 24.9 Å². The first-order valence-electron chi connectivity index (χ1n) is 10.0. The highest BCUT2D eigenvalue weighted by Crippen LogP contribution is 2.16. The highest BCUT2D eigenvalue weighted by Gasteiger charge is 2.13. The number of carbonyl (C=O) groups excluding carboxylic acids is 2. The first-order chi connectivity index (χ1) is 16.4. The van der Waals surface area contributed by atoms with Gasteiger partial charge in [-0.05, 0) is 91.2 Å². The van der Waals surface area contributed by atoms with E-state index >= 15 is 0 Å². The lowest BCUT2D eigenvalue weighted by Gasteiger charge is -2.12. The molecule has 0 heterocycles. The molecule has 0 aliphatic heterocycles. The molecule has 0 atom stereocenters. The molecule has 0 saturated heterocycles. The average molecular weight is 495 g/mol. The maximum Gasteiger partial charge on any atom is 0.257 e. The topological polar surface area (TPSA) is 101 Å². The molecule has 2 amide bonds. The number of rotatable bonds is 6. The predicted molar refractivity (Wildman–Crippen MR) is 140 cm³/mol. The van der Waals surface area contributed by atoms with Gasteiger partial charge in [0, 0.05) is 22.5 Å². The Labute approximate surface area is 207 Å². The van der Waals surface area contributed by atoms with Gasteiger partial charge in [-0.3, -0.25) is 20.2 Å². The minimum Gasteiger partial charge on any atom is -0.497 e. The van der Waals surface area contributed by atoms with Crippen molar-refractivity contribution >= 4 is 57.8 Å². The average Bonchev–Trinajstić information content (AvgIpc) is 2.85. The quantitative estimate of drug-likeness (QED) is 0.382. The Morgan fingerprint density at radius 1 is 0.647 bits per heavy atom. The molecule has 0 bridgehead atoms. The maximum atomic E-state index is 12.6. The number of benzene rings is 3. The van der Waals surface area contributed by atoms with E-state index < -0.39 is 11.8 Å². The van der Waals surface area contributed by atoms with Gasteiger partial charge >= 0.3 is 0 Å². The van der Waals surface area contributed by atoms with Gasteiger partial charge in [0.15, 0.2) is 10.2 Å². The summed E-state index contributed by atoms with van der Waals surface area (Å²) < 4.78 is 10.2. The van der Waals surface area contributed by atoms with Crippen molar-refractivity contribution in [3.8, 4) is 11.5 Å². The standard InChI is InChI=1S/C24H22N4O4S2/c1-31-19-10-6-17(7-11-19)25-23(33)27-21(29)15-4-3-5-16(14-15)22(30)28-24(34)26-18-8-12-20(32-2)13-9-18/h3-14H,1-2H3,(H2,25,27,29,33)(H2,26,28,30,34). The highest BCUT2D eigenvalue weighted by atomic mass is 32.1. The monoisotopic (exact) mass is 494 g/mol. The van der Waals surface area contributed by atoms with Gasteiger partial charge in [-0.25, -0.2) is 0 Å². The number of amides is 2. The fourth-order valence-electron chi connectivity index (χ4n) is 2.83. The van der Waals surface area contributed by atoms with Crippen molar-refractivity contribution < 1.29 is 19.1 Å². The van der Waals surface area contributed by atoms with Crippen LogP contribution in [0.2, 0.25) is 0 Å². The normalized spacial score (nSPS) is 9.94. The van der Waals surface area contributed by atoms with Gasteiger partial charge in [0.1, 0.15) is 11.5 Å². The molecule has 3 rings (SSSR count). The van der Waals surface area contributed by atoms with E-state index in [4.69, 9.17) is 33.9 Å². The van der Waals surface area contributed by atoms with Gasteiger partial charge < -0.3 is 20.1 Å². The Balaban J connectivity index is 1.56. The maximum absolute atomic E-state index is 12.6. The van der Waals surface area contributed by atoms with Crippen LogP contribution in [-0.4, -0.2) is 36.3 Å². The first-order valence-corrected chi connectivity index (χ1v) is 10.8. The van der Waals surface area contributed by atoms with E-state index in [1.165, 1.54) is 6.07 Å². The summed E-state index contributed by atoms with van der Waals surface area (Å²) >= 11 is 10.4. The van der Waals surface area contributed by atoms with Crippen molar-refractivity contribution in [3.63, 3.8) is 0 Å². The second-order valence-electron chi connectivity index (χ2n) is 6.85. The summed E-state index contributed by atoms with van der Waals surface area (Å²) in [7, 11) is 3.15. The molecular formula is C24H22N4O4S2. The Morgan fingerprint density at radius 3 is 1.38 bits per heavy atom. The zero-order chi connectivity index (χ0) is 24.5. The van der Waals surface area contributed by atoms with Crippen molar-refractivity contribution in [1.82, 2.24) is 10.6 Å². The number of ether oxygens (including phenoxy) is 2. The molecule has 10 heteroatoms. The van der Waals surface area contributed by atoms with E-state index in [-0.39, 0.29) is 21.4 Å². The molecule has 8 nitrogen and oxygen atoms in total. The van der Waals surface area contributed by atoms with Crippen LogP contribution in [0.4, 0.5) is 11.4 Å². The van der Waals surface area contributed by atoms with Gasteiger partial charge in [-0.15, -0.1) is 0 Å². The largest absolute Gasteiger partial charge is 0.497 e. The Kier molecular flexibility index (Phi) is 8.49. The minimum absolute atomic E-state index is 0.120. The van der Waals surface area contributed by atoms with Crippen LogP contribution in [0.3, 0.4) is 0 Å². The van der Waals surface area contributed by atoms with Gasteiger partial charge in [0.25, 0.3) is 11.8 Å². The SMILES string of the molecule is COc1ccc(NC(=S)NC(=O)c2cccc(C(=O)NC(=S)Nc3ccc(OC)cc3)c2)cc1. The van der Waals surface area contributed by atoms with Gasteiger partial charge in [-0.1, -0.05) is 6.07 Å². The molecule has 3 aromatic rings. The predicted octanol–water partition coefficient (Wildman–Crippen LogP) is 3.96. The van der Waals surface area contributed by atoms with Gasteiger partial charge in [-0.2, -0.15) is 0 Å². The molecule has 4 N–H and O–H groups in total. The summed E-state index contributed by atoms with van der Waals surface area (Å²) in [6.07, 6.45) is 0. The molecule has 0 fully saturated rings. The molecule has 0 unspecified atom stereocenters. The molecule has 0 aliphatic carbocycles. The first kappa shape index (κ1) is 24.6. The Morgan fingerprint density at radius 2 is 1.03 bits per heavy atom. The molecule has 0 radical (unpaired) electrons. The van der Waals surface area contributed by atoms with E-state index in [0.717, 1.165) is 0 Å². The van der Waals surface area contributed by atoms with E-state index in [1.807, 2.05) is 0 Å². The number of nitrogens with one attached hydrogen (secondary N) is 4. The second kappa shape index (κ2) is 11.7. The third-order valence-corrected chi connectivity index (χ3v) is 4.95. The van der Waals surface area contributed by atoms with Gasteiger partial charge in [0.05, 0.1) is 14.2 Å². The van der Waals surface area contributed by atoms with Crippen LogP contribution in [0.25, 0.3) is 0 Å². The molecule has 0 spiro atoms. The number of hydrogen-bond donors (Lipinski definition) is 4.